The van der Waals surface area contributed by atoms with Crippen LogP contribution in [0.3, 0.4) is 0 Å². The first-order chi connectivity index (χ1) is 7.08. The van der Waals surface area contributed by atoms with E-state index in [9.17, 15) is 0 Å². The molecular formula is C12H21N3. The molecule has 1 aromatic heterocycles. The third kappa shape index (κ3) is 6.20. The van der Waals surface area contributed by atoms with E-state index in [-0.39, 0.29) is 5.54 Å². The molecule has 0 aliphatic heterocycles. The molecule has 0 aliphatic rings. The summed E-state index contributed by atoms with van der Waals surface area (Å²) in [6.07, 6.45) is 5.84. The van der Waals surface area contributed by atoms with E-state index in [1.54, 1.807) is 6.20 Å². The SMILES string of the molecule is CC(C)(N)CCCNCc1cccnc1. The number of nitrogens with two attached hydrogens (primary N) is 1. The standard InChI is InChI=1S/C12H21N3/c1-12(2,13)6-4-8-15-10-11-5-3-7-14-9-11/h3,5,7,9,15H,4,6,8,10,13H2,1-2H3. The number of nitrogens with one attached hydrogen (secondary N) is 1. The molecule has 0 saturated carbocycles. The zero-order chi connectivity index (χ0) is 11.1. The lowest BCUT2D eigenvalue weighted by Crippen LogP contribution is -2.32. The number of hydrogen-bond acceptors (Lipinski definition) is 3. The molecule has 0 fully saturated rings. The molecule has 0 atom stereocenters. The number of aromatic nitrogens is 1. The summed E-state index contributed by atoms with van der Waals surface area (Å²) < 4.78 is 0. The highest BCUT2D eigenvalue weighted by atomic mass is 14.9. The first kappa shape index (κ1) is 12.1. The minimum atomic E-state index is -0.0457. The summed E-state index contributed by atoms with van der Waals surface area (Å²) in [5.74, 6) is 0. The van der Waals surface area contributed by atoms with Gasteiger partial charge in [-0.25, -0.2) is 0 Å². The molecule has 0 unspecified atom stereocenters. The minimum Gasteiger partial charge on any atom is -0.326 e. The van der Waals surface area contributed by atoms with Crippen molar-refractivity contribution in [3.63, 3.8) is 0 Å². The van der Waals surface area contributed by atoms with Crippen molar-refractivity contribution >= 4 is 0 Å². The van der Waals surface area contributed by atoms with Gasteiger partial charge in [-0.3, -0.25) is 4.98 Å². The van der Waals surface area contributed by atoms with Crippen LogP contribution in [0.1, 0.15) is 32.3 Å². The number of hydrogen-bond donors (Lipinski definition) is 2. The van der Waals surface area contributed by atoms with Crippen molar-refractivity contribution in [2.45, 2.75) is 38.8 Å². The van der Waals surface area contributed by atoms with Crippen LogP contribution >= 0.6 is 0 Å². The highest BCUT2D eigenvalue weighted by molar-refractivity contribution is 5.07. The molecule has 1 heterocycles. The lowest BCUT2D eigenvalue weighted by molar-refractivity contribution is 0.448. The van der Waals surface area contributed by atoms with Crippen LogP contribution in [-0.4, -0.2) is 17.1 Å². The van der Waals surface area contributed by atoms with Gasteiger partial charge in [0.25, 0.3) is 0 Å². The largest absolute Gasteiger partial charge is 0.326 e. The molecule has 3 N–H and O–H groups in total. The number of nitrogens with zero attached hydrogens (tertiary/aromatic N) is 1. The summed E-state index contributed by atoms with van der Waals surface area (Å²) in [6.45, 7) is 6.02. The van der Waals surface area contributed by atoms with Crippen molar-refractivity contribution in [1.29, 1.82) is 0 Å². The van der Waals surface area contributed by atoms with E-state index in [0.717, 1.165) is 25.9 Å². The van der Waals surface area contributed by atoms with Gasteiger partial charge in [-0.05, 0) is 44.9 Å². The van der Waals surface area contributed by atoms with E-state index in [0.29, 0.717) is 0 Å². The number of pyridine rings is 1. The van der Waals surface area contributed by atoms with Crippen LogP contribution in [0.2, 0.25) is 0 Å². The summed E-state index contributed by atoms with van der Waals surface area (Å²) in [5.41, 5.74) is 7.07. The van der Waals surface area contributed by atoms with Crippen molar-refractivity contribution in [1.82, 2.24) is 10.3 Å². The van der Waals surface area contributed by atoms with Gasteiger partial charge in [-0.1, -0.05) is 6.07 Å². The van der Waals surface area contributed by atoms with Gasteiger partial charge >= 0.3 is 0 Å². The Balaban J connectivity index is 2.08. The van der Waals surface area contributed by atoms with E-state index in [1.807, 2.05) is 12.3 Å². The van der Waals surface area contributed by atoms with Gasteiger partial charge in [0.1, 0.15) is 0 Å². The van der Waals surface area contributed by atoms with Crippen LogP contribution in [-0.2, 0) is 6.54 Å². The Morgan fingerprint density at radius 3 is 2.87 bits per heavy atom. The maximum atomic E-state index is 5.89. The Labute approximate surface area is 92.1 Å². The molecule has 0 spiro atoms. The summed E-state index contributed by atoms with van der Waals surface area (Å²) in [6, 6.07) is 4.03. The molecular weight excluding hydrogens is 186 g/mol. The average molecular weight is 207 g/mol. The van der Waals surface area contributed by atoms with Crippen molar-refractivity contribution in [2.75, 3.05) is 6.54 Å². The van der Waals surface area contributed by atoms with Crippen LogP contribution in [0.15, 0.2) is 24.5 Å². The molecule has 15 heavy (non-hydrogen) atoms. The fourth-order valence-electron chi connectivity index (χ4n) is 1.40. The summed E-state index contributed by atoms with van der Waals surface area (Å²) in [7, 11) is 0. The Morgan fingerprint density at radius 1 is 1.47 bits per heavy atom. The molecule has 0 bridgehead atoms. The molecule has 1 aromatic rings. The summed E-state index contributed by atoms with van der Waals surface area (Å²) in [5, 5.41) is 3.38. The first-order valence-electron chi connectivity index (χ1n) is 5.46. The zero-order valence-electron chi connectivity index (χ0n) is 9.66. The lowest BCUT2D eigenvalue weighted by atomic mass is 10.0. The molecule has 1 rings (SSSR count). The highest BCUT2D eigenvalue weighted by Crippen LogP contribution is 2.05. The molecule has 0 amide bonds. The molecule has 3 heteroatoms. The molecule has 0 aliphatic carbocycles. The van der Waals surface area contributed by atoms with E-state index in [2.05, 4.69) is 30.2 Å². The van der Waals surface area contributed by atoms with Crippen molar-refractivity contribution in [3.05, 3.63) is 30.1 Å². The van der Waals surface area contributed by atoms with Gasteiger partial charge in [-0.15, -0.1) is 0 Å². The van der Waals surface area contributed by atoms with Gasteiger partial charge in [0.15, 0.2) is 0 Å². The first-order valence-corrected chi connectivity index (χ1v) is 5.46. The summed E-state index contributed by atoms with van der Waals surface area (Å²) >= 11 is 0. The summed E-state index contributed by atoms with van der Waals surface area (Å²) in [4.78, 5) is 4.06. The van der Waals surface area contributed by atoms with Crippen molar-refractivity contribution < 1.29 is 0 Å². The van der Waals surface area contributed by atoms with Gasteiger partial charge < -0.3 is 11.1 Å². The van der Waals surface area contributed by atoms with E-state index in [1.165, 1.54) is 5.56 Å². The minimum absolute atomic E-state index is 0.0457. The topological polar surface area (TPSA) is 50.9 Å². The Kier molecular flexibility index (Phi) is 4.72. The molecule has 0 aromatic carbocycles. The third-order valence-corrected chi connectivity index (χ3v) is 2.23. The van der Waals surface area contributed by atoms with Crippen molar-refractivity contribution in [3.8, 4) is 0 Å². The second kappa shape index (κ2) is 5.83. The second-order valence-electron chi connectivity index (χ2n) is 4.63. The Bertz CT molecular complexity index is 264. The third-order valence-electron chi connectivity index (χ3n) is 2.23. The molecule has 0 saturated heterocycles. The predicted octanol–water partition coefficient (Wildman–Crippen LogP) is 1.69. The van der Waals surface area contributed by atoms with Crippen LogP contribution in [0.5, 0.6) is 0 Å². The van der Waals surface area contributed by atoms with Crippen molar-refractivity contribution in [2.24, 2.45) is 5.73 Å². The molecule has 0 radical (unpaired) electrons. The predicted molar refractivity (Wildman–Crippen MR) is 63.4 cm³/mol. The fraction of sp³-hybridized carbons (Fsp3) is 0.583. The van der Waals surface area contributed by atoms with Gasteiger partial charge in [0, 0.05) is 24.5 Å². The van der Waals surface area contributed by atoms with Crippen LogP contribution in [0.4, 0.5) is 0 Å². The lowest BCUT2D eigenvalue weighted by Gasteiger charge is -2.17. The van der Waals surface area contributed by atoms with E-state index < -0.39 is 0 Å². The average Bonchev–Trinajstić information content (AvgIpc) is 2.17. The van der Waals surface area contributed by atoms with Gasteiger partial charge in [0.2, 0.25) is 0 Å². The fourth-order valence-corrected chi connectivity index (χ4v) is 1.40. The zero-order valence-corrected chi connectivity index (χ0v) is 9.66. The Morgan fingerprint density at radius 2 is 2.27 bits per heavy atom. The van der Waals surface area contributed by atoms with Crippen LogP contribution < -0.4 is 11.1 Å². The van der Waals surface area contributed by atoms with E-state index in [4.69, 9.17) is 5.73 Å². The van der Waals surface area contributed by atoms with Gasteiger partial charge in [0.05, 0.1) is 0 Å². The Hall–Kier alpha value is -0.930. The number of rotatable bonds is 6. The highest BCUT2D eigenvalue weighted by Gasteiger charge is 2.08. The molecule has 3 nitrogen and oxygen atoms in total. The quantitative estimate of drug-likeness (QED) is 0.698. The van der Waals surface area contributed by atoms with Crippen LogP contribution in [0.25, 0.3) is 0 Å². The maximum absolute atomic E-state index is 5.89. The maximum Gasteiger partial charge on any atom is 0.0312 e. The monoisotopic (exact) mass is 207 g/mol. The van der Waals surface area contributed by atoms with Gasteiger partial charge in [-0.2, -0.15) is 0 Å². The molecule has 84 valence electrons. The van der Waals surface area contributed by atoms with E-state index >= 15 is 0 Å². The smallest absolute Gasteiger partial charge is 0.0312 e. The van der Waals surface area contributed by atoms with Crippen LogP contribution in [0, 0.1) is 0 Å². The second-order valence-corrected chi connectivity index (χ2v) is 4.63. The normalized spacial score (nSPS) is 11.7.